The number of carbonyl (C=O) groups is 1. The second-order valence-corrected chi connectivity index (χ2v) is 7.24. The molecule has 146 valence electrons. The molecule has 2 aromatic heterocycles. The summed E-state index contributed by atoms with van der Waals surface area (Å²) in [7, 11) is 1.61. The summed E-state index contributed by atoms with van der Waals surface area (Å²) in [5.41, 5.74) is 2.57. The largest absolute Gasteiger partial charge is 0.432 e. The average Bonchev–Trinajstić information content (AvgIpc) is 3.24. The van der Waals surface area contributed by atoms with Crippen LogP contribution in [0.25, 0.3) is 0 Å². The van der Waals surface area contributed by atoms with E-state index >= 15 is 0 Å². The first-order valence-corrected chi connectivity index (χ1v) is 9.64. The zero-order chi connectivity index (χ0) is 19.4. The van der Waals surface area contributed by atoms with Crippen molar-refractivity contribution in [2.45, 2.75) is 39.0 Å². The normalized spacial score (nSPS) is 15.1. The molecule has 1 amide bonds. The smallest absolute Gasteiger partial charge is 0.297 e. The van der Waals surface area contributed by atoms with E-state index in [0.29, 0.717) is 11.7 Å². The van der Waals surface area contributed by atoms with Crippen LogP contribution < -0.4 is 15.1 Å². The van der Waals surface area contributed by atoms with E-state index in [9.17, 15) is 4.79 Å². The van der Waals surface area contributed by atoms with Crippen molar-refractivity contribution in [3.05, 3.63) is 36.0 Å². The molecule has 0 radical (unpaired) electrons. The van der Waals surface area contributed by atoms with E-state index in [4.69, 9.17) is 9.40 Å². The van der Waals surface area contributed by atoms with Gasteiger partial charge in [-0.1, -0.05) is 20.8 Å². The van der Waals surface area contributed by atoms with Crippen LogP contribution in [-0.2, 0) is 5.41 Å². The lowest BCUT2D eigenvalue weighted by molar-refractivity contribution is 0.0958. The third-order valence-electron chi connectivity index (χ3n) is 5.79. The summed E-state index contributed by atoms with van der Waals surface area (Å²) in [6.07, 6.45) is 5.66. The van der Waals surface area contributed by atoms with Gasteiger partial charge < -0.3 is 19.5 Å². The van der Waals surface area contributed by atoms with Gasteiger partial charge in [0.15, 0.2) is 0 Å². The number of carbonyl (C=O) groups excluding carboxylic acids is 1. The first-order chi connectivity index (χ1) is 13.0. The summed E-state index contributed by atoms with van der Waals surface area (Å²) in [5, 5.41) is 2.59. The standard InChI is InChI=1S/C20H29N5O2/c1-5-20(3,6-2)17-14-27-19(23-17)25-11-9-24(10-12-25)15-7-8-16(22-13-15)18(26)21-4/h7-8,13-14H,5-6,9-12H2,1-4H3,(H,21,26). The minimum Gasteiger partial charge on any atom is -0.432 e. The van der Waals surface area contributed by atoms with E-state index < -0.39 is 0 Å². The Morgan fingerprint density at radius 3 is 2.41 bits per heavy atom. The van der Waals surface area contributed by atoms with Crippen LogP contribution in [0.1, 0.15) is 49.8 Å². The number of nitrogens with zero attached hydrogens (tertiary/aromatic N) is 4. The highest BCUT2D eigenvalue weighted by atomic mass is 16.4. The summed E-state index contributed by atoms with van der Waals surface area (Å²) in [4.78, 5) is 25.1. The number of anilines is 2. The second-order valence-electron chi connectivity index (χ2n) is 7.24. The zero-order valence-electron chi connectivity index (χ0n) is 16.7. The van der Waals surface area contributed by atoms with Gasteiger partial charge in [0.05, 0.1) is 17.6 Å². The first kappa shape index (κ1) is 19.2. The number of pyridine rings is 1. The molecule has 1 N–H and O–H groups in total. The Morgan fingerprint density at radius 2 is 1.85 bits per heavy atom. The zero-order valence-corrected chi connectivity index (χ0v) is 16.7. The van der Waals surface area contributed by atoms with Crippen molar-refractivity contribution < 1.29 is 9.21 Å². The molecule has 1 saturated heterocycles. The summed E-state index contributed by atoms with van der Waals surface area (Å²) < 4.78 is 5.79. The number of aromatic nitrogens is 2. The third kappa shape index (κ3) is 3.91. The maximum Gasteiger partial charge on any atom is 0.297 e. The predicted octanol–water partition coefficient (Wildman–Crippen LogP) is 2.83. The fourth-order valence-electron chi connectivity index (χ4n) is 3.29. The van der Waals surface area contributed by atoms with Crippen LogP contribution in [-0.4, -0.2) is 49.1 Å². The van der Waals surface area contributed by atoms with Crippen molar-refractivity contribution in [3.8, 4) is 0 Å². The maximum absolute atomic E-state index is 11.6. The molecule has 7 nitrogen and oxygen atoms in total. The Hall–Kier alpha value is -2.57. The van der Waals surface area contributed by atoms with Crippen molar-refractivity contribution in [1.82, 2.24) is 15.3 Å². The van der Waals surface area contributed by atoms with E-state index in [0.717, 1.165) is 50.4 Å². The van der Waals surface area contributed by atoms with E-state index in [-0.39, 0.29) is 11.3 Å². The van der Waals surface area contributed by atoms with E-state index in [1.54, 1.807) is 19.3 Å². The minimum absolute atomic E-state index is 0.0712. The number of rotatable bonds is 6. The molecule has 3 rings (SSSR count). The van der Waals surface area contributed by atoms with Crippen LogP contribution in [0, 0.1) is 0 Å². The van der Waals surface area contributed by atoms with Gasteiger partial charge in [-0.3, -0.25) is 4.79 Å². The number of amides is 1. The third-order valence-corrected chi connectivity index (χ3v) is 5.79. The maximum atomic E-state index is 11.6. The highest BCUT2D eigenvalue weighted by molar-refractivity contribution is 5.92. The second kappa shape index (κ2) is 7.98. The molecule has 27 heavy (non-hydrogen) atoms. The fraction of sp³-hybridized carbons (Fsp3) is 0.550. The number of oxazole rings is 1. The molecule has 1 aliphatic rings. The molecule has 7 heteroatoms. The average molecular weight is 371 g/mol. The quantitative estimate of drug-likeness (QED) is 0.842. The first-order valence-electron chi connectivity index (χ1n) is 9.64. The summed E-state index contributed by atoms with van der Waals surface area (Å²) in [6, 6.07) is 4.42. The number of hydrogen-bond donors (Lipinski definition) is 1. The Morgan fingerprint density at radius 1 is 1.19 bits per heavy atom. The molecule has 2 aromatic rings. The van der Waals surface area contributed by atoms with E-state index in [1.165, 1.54) is 0 Å². The van der Waals surface area contributed by atoms with Gasteiger partial charge >= 0.3 is 0 Å². The lowest BCUT2D eigenvalue weighted by Crippen LogP contribution is -2.46. The van der Waals surface area contributed by atoms with E-state index in [1.807, 2.05) is 12.3 Å². The molecular weight excluding hydrogens is 342 g/mol. The van der Waals surface area contributed by atoms with Crippen molar-refractivity contribution in [3.63, 3.8) is 0 Å². The van der Waals surface area contributed by atoms with Crippen LogP contribution in [0.2, 0.25) is 0 Å². The molecule has 0 atom stereocenters. The summed E-state index contributed by atoms with van der Waals surface area (Å²) >= 11 is 0. The molecule has 0 bridgehead atoms. The van der Waals surface area contributed by atoms with Crippen molar-refractivity contribution in [2.24, 2.45) is 0 Å². The molecule has 3 heterocycles. The minimum atomic E-state index is -0.169. The van der Waals surface area contributed by atoms with Crippen LogP contribution in [0.15, 0.2) is 29.0 Å². The lowest BCUT2D eigenvalue weighted by atomic mass is 9.82. The van der Waals surface area contributed by atoms with Gasteiger partial charge in [0.1, 0.15) is 12.0 Å². The molecule has 0 unspecified atom stereocenters. The van der Waals surface area contributed by atoms with Crippen molar-refractivity contribution >= 4 is 17.6 Å². The Balaban J connectivity index is 1.62. The molecule has 1 aliphatic heterocycles. The molecule has 1 fully saturated rings. The SMILES string of the molecule is CCC(C)(CC)c1coc(N2CCN(c3ccc(C(=O)NC)nc3)CC2)n1. The highest BCUT2D eigenvalue weighted by Gasteiger charge is 2.28. The Kier molecular flexibility index (Phi) is 5.68. The van der Waals surface area contributed by atoms with E-state index in [2.05, 4.69) is 40.9 Å². The Labute approximate surface area is 160 Å². The van der Waals surface area contributed by atoms with Gasteiger partial charge in [0.2, 0.25) is 0 Å². The van der Waals surface area contributed by atoms with Crippen molar-refractivity contribution in [1.29, 1.82) is 0 Å². The molecule has 0 saturated carbocycles. The van der Waals surface area contributed by atoms with Crippen LogP contribution >= 0.6 is 0 Å². The number of nitrogens with one attached hydrogen (secondary N) is 1. The topological polar surface area (TPSA) is 74.5 Å². The molecule has 0 spiro atoms. The molecule has 0 aromatic carbocycles. The van der Waals surface area contributed by atoms with Crippen LogP contribution in [0.4, 0.5) is 11.7 Å². The van der Waals surface area contributed by atoms with Gasteiger partial charge in [0, 0.05) is 38.6 Å². The van der Waals surface area contributed by atoms with Crippen LogP contribution in [0.3, 0.4) is 0 Å². The summed E-state index contributed by atoms with van der Waals surface area (Å²) in [5.74, 6) is -0.169. The van der Waals surface area contributed by atoms with Gasteiger partial charge in [-0.05, 0) is 25.0 Å². The van der Waals surface area contributed by atoms with Crippen molar-refractivity contribution in [2.75, 3.05) is 43.0 Å². The Bertz CT molecular complexity index is 759. The van der Waals surface area contributed by atoms with Gasteiger partial charge in [-0.2, -0.15) is 4.98 Å². The number of piperazine rings is 1. The van der Waals surface area contributed by atoms with Gasteiger partial charge in [-0.25, -0.2) is 4.98 Å². The predicted molar refractivity (Wildman–Crippen MR) is 106 cm³/mol. The van der Waals surface area contributed by atoms with Crippen LogP contribution in [0.5, 0.6) is 0 Å². The lowest BCUT2D eigenvalue weighted by Gasteiger charge is -2.35. The monoisotopic (exact) mass is 371 g/mol. The fourth-order valence-corrected chi connectivity index (χ4v) is 3.29. The molecule has 0 aliphatic carbocycles. The summed E-state index contributed by atoms with van der Waals surface area (Å²) in [6.45, 7) is 10.0. The van der Waals surface area contributed by atoms with Gasteiger partial charge in [-0.15, -0.1) is 0 Å². The highest BCUT2D eigenvalue weighted by Crippen LogP contribution is 2.32. The molecular formula is C20H29N5O2. The van der Waals surface area contributed by atoms with Gasteiger partial charge in [0.25, 0.3) is 11.9 Å². The number of hydrogen-bond acceptors (Lipinski definition) is 6.